The number of anilines is 3. The minimum Gasteiger partial charge on any atom is -0.326 e. The normalized spacial score (nSPS) is 10.0. The molecule has 0 aliphatic heterocycles. The molecule has 1 heterocycles. The number of carbonyl (C=O) groups excluding carboxylic acids is 3. The Morgan fingerprint density at radius 3 is 1.91 bits per heavy atom. The smallest absolute Gasteiger partial charge is 0.257 e. The van der Waals surface area contributed by atoms with Gasteiger partial charge in [-0.2, -0.15) is 5.10 Å². The Labute approximate surface area is 132 Å². The molecule has 0 saturated heterocycles. The lowest BCUT2D eigenvalue weighted by Crippen LogP contribution is -2.15. The maximum Gasteiger partial charge on any atom is 0.257 e. The van der Waals surface area contributed by atoms with E-state index in [4.69, 9.17) is 0 Å². The van der Waals surface area contributed by atoms with E-state index in [-0.39, 0.29) is 17.4 Å². The third-order valence-corrected chi connectivity index (χ3v) is 2.78. The van der Waals surface area contributed by atoms with Crippen molar-refractivity contribution in [3.63, 3.8) is 0 Å². The zero-order valence-electron chi connectivity index (χ0n) is 13.0. The average Bonchev–Trinajstić information content (AvgIpc) is 2.82. The van der Waals surface area contributed by atoms with Crippen LogP contribution in [0.25, 0.3) is 0 Å². The minimum atomic E-state index is -0.407. The fraction of sp³-hybridized carbons (Fsp3) is 0.200. The summed E-state index contributed by atoms with van der Waals surface area (Å²) >= 11 is 0. The van der Waals surface area contributed by atoms with Crippen molar-refractivity contribution in [2.75, 3.05) is 16.0 Å². The molecule has 1 aromatic heterocycles. The van der Waals surface area contributed by atoms with Crippen LogP contribution in [0.15, 0.2) is 24.3 Å². The summed E-state index contributed by atoms with van der Waals surface area (Å²) in [5.74, 6) is -0.577. The first-order chi connectivity index (χ1) is 10.8. The zero-order valence-corrected chi connectivity index (χ0v) is 13.0. The average molecular weight is 315 g/mol. The lowest BCUT2D eigenvalue weighted by molar-refractivity contribution is -0.115. The van der Waals surface area contributed by atoms with Gasteiger partial charge in [0.15, 0.2) is 5.82 Å². The maximum atomic E-state index is 12.3. The number of benzene rings is 1. The summed E-state index contributed by atoms with van der Waals surface area (Å²) in [6.07, 6.45) is 0. The number of nitrogens with zero attached hydrogens (tertiary/aromatic N) is 1. The zero-order chi connectivity index (χ0) is 17.0. The van der Waals surface area contributed by atoms with Crippen molar-refractivity contribution in [1.29, 1.82) is 0 Å². The first-order valence-electron chi connectivity index (χ1n) is 6.87. The molecule has 0 fully saturated rings. The number of aryl methyl sites for hydroxylation is 1. The van der Waals surface area contributed by atoms with Gasteiger partial charge in [-0.25, -0.2) is 0 Å². The van der Waals surface area contributed by atoms with Crippen molar-refractivity contribution in [2.24, 2.45) is 0 Å². The summed E-state index contributed by atoms with van der Waals surface area (Å²) in [4.78, 5) is 34.7. The molecular weight excluding hydrogens is 298 g/mol. The summed E-state index contributed by atoms with van der Waals surface area (Å²) in [5, 5.41) is 14.5. The molecule has 0 unspecified atom stereocenters. The quantitative estimate of drug-likeness (QED) is 0.689. The third kappa shape index (κ3) is 4.67. The van der Waals surface area contributed by atoms with Crippen LogP contribution in [-0.2, 0) is 9.59 Å². The molecule has 0 radical (unpaired) electrons. The summed E-state index contributed by atoms with van der Waals surface area (Å²) in [6.45, 7) is 4.53. The Bertz CT molecular complexity index is 732. The second-order valence-electron chi connectivity index (χ2n) is 5.05. The molecule has 1 aromatic carbocycles. The van der Waals surface area contributed by atoms with Crippen molar-refractivity contribution in [1.82, 2.24) is 10.2 Å². The van der Waals surface area contributed by atoms with E-state index >= 15 is 0 Å². The van der Waals surface area contributed by atoms with Gasteiger partial charge in [-0.15, -0.1) is 0 Å². The standard InChI is InChI=1S/C15H17N5O3/c1-8-4-14(20-19-8)18-15(23)11-5-12(16-9(2)21)7-13(6-11)17-10(3)22/h4-7H,1-3H3,(H,16,21)(H,17,22)(H2,18,19,20,23). The minimum absolute atomic E-state index is 0.278. The van der Waals surface area contributed by atoms with Gasteiger partial charge in [-0.05, 0) is 25.1 Å². The number of aromatic amines is 1. The van der Waals surface area contributed by atoms with Crippen LogP contribution in [0.5, 0.6) is 0 Å². The largest absolute Gasteiger partial charge is 0.326 e. The number of H-pyrrole nitrogens is 1. The van der Waals surface area contributed by atoms with Crippen molar-refractivity contribution in [2.45, 2.75) is 20.8 Å². The molecule has 8 heteroatoms. The van der Waals surface area contributed by atoms with E-state index in [0.29, 0.717) is 17.2 Å². The van der Waals surface area contributed by atoms with Crippen molar-refractivity contribution in [3.8, 4) is 0 Å². The number of nitrogens with one attached hydrogen (secondary N) is 4. The highest BCUT2D eigenvalue weighted by atomic mass is 16.2. The van der Waals surface area contributed by atoms with Gasteiger partial charge >= 0.3 is 0 Å². The Kier molecular flexibility index (Phi) is 4.75. The van der Waals surface area contributed by atoms with Crippen LogP contribution in [0.4, 0.5) is 17.2 Å². The van der Waals surface area contributed by atoms with Crippen molar-refractivity contribution in [3.05, 3.63) is 35.5 Å². The predicted molar refractivity (Wildman–Crippen MR) is 86.3 cm³/mol. The molecule has 2 aromatic rings. The summed E-state index contributed by atoms with van der Waals surface area (Å²) in [5.41, 5.74) is 1.91. The second kappa shape index (κ2) is 6.73. The Morgan fingerprint density at radius 1 is 0.913 bits per heavy atom. The Morgan fingerprint density at radius 2 is 1.48 bits per heavy atom. The first kappa shape index (κ1) is 16.2. The highest BCUT2D eigenvalue weighted by Gasteiger charge is 2.12. The van der Waals surface area contributed by atoms with Crippen LogP contribution in [0.1, 0.15) is 29.9 Å². The van der Waals surface area contributed by atoms with Crippen LogP contribution in [0, 0.1) is 6.92 Å². The van der Waals surface area contributed by atoms with Crippen LogP contribution in [0.3, 0.4) is 0 Å². The molecule has 8 nitrogen and oxygen atoms in total. The summed E-state index contributed by atoms with van der Waals surface area (Å²) in [7, 11) is 0. The first-order valence-corrected chi connectivity index (χ1v) is 6.87. The van der Waals surface area contributed by atoms with Gasteiger partial charge in [0.2, 0.25) is 11.8 Å². The molecular formula is C15H17N5O3. The Hall–Kier alpha value is -3.16. The molecule has 0 aliphatic carbocycles. The SMILES string of the molecule is CC(=O)Nc1cc(NC(C)=O)cc(C(=O)Nc2cc(C)[nH]n2)c1. The third-order valence-electron chi connectivity index (χ3n) is 2.78. The second-order valence-corrected chi connectivity index (χ2v) is 5.05. The number of amides is 3. The van der Waals surface area contributed by atoms with Crippen LogP contribution >= 0.6 is 0 Å². The molecule has 3 amide bonds. The fourth-order valence-corrected chi connectivity index (χ4v) is 1.98. The van der Waals surface area contributed by atoms with E-state index in [9.17, 15) is 14.4 Å². The number of hydrogen-bond donors (Lipinski definition) is 4. The van der Waals surface area contributed by atoms with Gasteiger partial charge < -0.3 is 16.0 Å². The van der Waals surface area contributed by atoms with E-state index in [1.807, 2.05) is 6.92 Å². The lowest BCUT2D eigenvalue weighted by atomic mass is 10.1. The number of carbonyl (C=O) groups is 3. The molecule has 0 spiro atoms. The van der Waals surface area contributed by atoms with Gasteiger partial charge in [0.1, 0.15) is 0 Å². The van der Waals surface area contributed by atoms with Crippen LogP contribution in [0.2, 0.25) is 0 Å². The topological polar surface area (TPSA) is 116 Å². The van der Waals surface area contributed by atoms with Crippen LogP contribution < -0.4 is 16.0 Å². The van der Waals surface area contributed by atoms with E-state index in [1.54, 1.807) is 12.1 Å². The Balaban J connectivity index is 2.29. The number of rotatable bonds is 4. The maximum absolute atomic E-state index is 12.3. The van der Waals surface area contributed by atoms with Crippen molar-refractivity contribution >= 4 is 34.9 Å². The molecule has 23 heavy (non-hydrogen) atoms. The van der Waals surface area contributed by atoms with E-state index < -0.39 is 5.91 Å². The van der Waals surface area contributed by atoms with Gasteiger partial charge in [0.05, 0.1) is 0 Å². The fourth-order valence-electron chi connectivity index (χ4n) is 1.98. The van der Waals surface area contributed by atoms with Gasteiger partial charge in [-0.1, -0.05) is 0 Å². The van der Waals surface area contributed by atoms with E-state index in [0.717, 1.165) is 5.69 Å². The molecule has 0 bridgehead atoms. The monoisotopic (exact) mass is 315 g/mol. The summed E-state index contributed by atoms with van der Waals surface area (Å²) in [6, 6.07) is 6.28. The summed E-state index contributed by atoms with van der Waals surface area (Å²) < 4.78 is 0. The number of aromatic nitrogens is 2. The van der Waals surface area contributed by atoms with Crippen molar-refractivity contribution < 1.29 is 14.4 Å². The molecule has 0 aliphatic rings. The lowest BCUT2D eigenvalue weighted by Gasteiger charge is -2.10. The van der Waals surface area contributed by atoms with Gasteiger partial charge in [0, 0.05) is 42.5 Å². The van der Waals surface area contributed by atoms with E-state index in [1.165, 1.54) is 26.0 Å². The molecule has 0 atom stereocenters. The molecule has 120 valence electrons. The van der Waals surface area contributed by atoms with Gasteiger partial charge in [0.25, 0.3) is 5.91 Å². The highest BCUT2D eigenvalue weighted by molar-refractivity contribution is 6.06. The van der Waals surface area contributed by atoms with E-state index in [2.05, 4.69) is 26.1 Å². The predicted octanol–water partition coefficient (Wildman–Crippen LogP) is 1.89. The van der Waals surface area contributed by atoms with Crippen LogP contribution in [-0.4, -0.2) is 27.9 Å². The van der Waals surface area contributed by atoms with Gasteiger partial charge in [-0.3, -0.25) is 19.5 Å². The number of hydrogen-bond acceptors (Lipinski definition) is 4. The molecule has 0 saturated carbocycles. The highest BCUT2D eigenvalue weighted by Crippen LogP contribution is 2.20. The molecule has 2 rings (SSSR count). The molecule has 4 N–H and O–H groups in total.